The molecule has 0 aliphatic rings. The van der Waals surface area contributed by atoms with E-state index in [1.807, 2.05) is 0 Å². The minimum atomic E-state index is -6.06. The number of hydrogen-bond donors (Lipinski definition) is 1. The lowest BCUT2D eigenvalue weighted by atomic mass is 10.0. The van der Waals surface area contributed by atoms with Crippen LogP contribution in [-0.2, 0) is 0 Å². The third-order valence-electron chi connectivity index (χ3n) is 3.31. The third-order valence-corrected chi connectivity index (χ3v) is 3.31. The number of aromatic carboxylic acids is 1. The molecule has 2 rings (SSSR count). The van der Waals surface area contributed by atoms with Crippen LogP contribution in [0.1, 0.15) is 10.4 Å². The molecule has 0 atom stereocenters. The molecule has 26 heavy (non-hydrogen) atoms. The van der Waals surface area contributed by atoms with Crippen LogP contribution in [0.25, 0.3) is 11.0 Å². The van der Waals surface area contributed by atoms with E-state index in [9.17, 15) is 41.0 Å². The van der Waals surface area contributed by atoms with Gasteiger partial charge in [-0.2, -0.15) is 26.3 Å². The van der Waals surface area contributed by atoms with Crippen LogP contribution >= 0.6 is 0 Å². The summed E-state index contributed by atoms with van der Waals surface area (Å²) in [6.45, 7) is -2.20. The third kappa shape index (κ3) is 3.45. The van der Waals surface area contributed by atoms with Crippen LogP contribution in [-0.4, -0.2) is 35.6 Å². The van der Waals surface area contributed by atoms with Crippen molar-refractivity contribution in [3.63, 3.8) is 0 Å². The Balaban J connectivity index is 2.36. The fourth-order valence-electron chi connectivity index (χ4n) is 1.84. The van der Waals surface area contributed by atoms with Crippen LogP contribution in [0.4, 0.5) is 26.3 Å². The Morgan fingerprint density at radius 3 is 2.19 bits per heavy atom. The molecular formula is C14H7F6O6-. The number of carboxylic acids is 1. The summed E-state index contributed by atoms with van der Waals surface area (Å²) in [6.07, 6.45) is -12.1. The van der Waals surface area contributed by atoms with E-state index in [1.165, 1.54) is 0 Å². The number of hydrogen-bond acceptors (Lipinski definition) is 6. The molecule has 0 aliphatic heterocycles. The van der Waals surface area contributed by atoms with Crippen LogP contribution in [0, 0.1) is 0 Å². The number of alkyl halides is 6. The average molecular weight is 385 g/mol. The van der Waals surface area contributed by atoms with Gasteiger partial charge in [-0.15, -0.1) is 0 Å². The van der Waals surface area contributed by atoms with Crippen LogP contribution in [0.3, 0.4) is 0 Å². The first kappa shape index (κ1) is 19.6. The van der Waals surface area contributed by atoms with Gasteiger partial charge in [0.05, 0.1) is 11.5 Å². The van der Waals surface area contributed by atoms with Crippen LogP contribution in [0.5, 0.6) is 5.75 Å². The van der Waals surface area contributed by atoms with Crippen molar-refractivity contribution in [2.75, 3.05) is 6.61 Å². The topological polar surface area (TPSA) is 99.8 Å². The molecule has 0 saturated heterocycles. The summed E-state index contributed by atoms with van der Waals surface area (Å²) in [5.41, 5.74) is -7.64. The van der Waals surface area contributed by atoms with Crippen molar-refractivity contribution in [1.29, 1.82) is 0 Å². The Hall–Kier alpha value is -2.76. The van der Waals surface area contributed by atoms with Crippen molar-refractivity contribution in [2.24, 2.45) is 0 Å². The van der Waals surface area contributed by atoms with Crippen LogP contribution in [0.2, 0.25) is 0 Å². The highest BCUT2D eigenvalue weighted by atomic mass is 19.4. The van der Waals surface area contributed by atoms with Gasteiger partial charge in [-0.3, -0.25) is 0 Å². The van der Waals surface area contributed by atoms with Crippen LogP contribution < -0.4 is 15.5 Å². The monoisotopic (exact) mass is 385 g/mol. The van der Waals surface area contributed by atoms with Gasteiger partial charge in [0.25, 0.3) is 5.60 Å². The molecule has 2 aromatic rings. The lowest BCUT2D eigenvalue weighted by Gasteiger charge is -2.31. The molecular weight excluding hydrogens is 378 g/mol. The van der Waals surface area contributed by atoms with Crippen molar-refractivity contribution >= 4 is 16.9 Å². The molecule has 6 nitrogen and oxygen atoms in total. The van der Waals surface area contributed by atoms with E-state index < -0.39 is 47.5 Å². The molecule has 12 heteroatoms. The lowest BCUT2D eigenvalue weighted by molar-refractivity contribution is -0.373. The van der Waals surface area contributed by atoms with Crippen LogP contribution in [0.15, 0.2) is 33.5 Å². The zero-order valence-electron chi connectivity index (χ0n) is 12.3. The fourth-order valence-corrected chi connectivity index (χ4v) is 1.84. The summed E-state index contributed by atoms with van der Waals surface area (Å²) >= 11 is 0. The molecule has 0 saturated carbocycles. The van der Waals surface area contributed by atoms with Crippen molar-refractivity contribution in [3.8, 4) is 5.75 Å². The first-order valence-electron chi connectivity index (χ1n) is 6.54. The molecule has 1 aromatic carbocycles. The van der Waals surface area contributed by atoms with E-state index in [2.05, 4.69) is 9.15 Å². The van der Waals surface area contributed by atoms with E-state index in [0.717, 1.165) is 24.3 Å². The number of carbonyl (C=O) groups excluding carboxylic acids is 1. The normalized spacial score (nSPS) is 13.0. The maximum Gasteiger partial charge on any atom is 0.429 e. The highest BCUT2D eigenvalue weighted by Crippen LogP contribution is 2.43. The zero-order chi connectivity index (χ0) is 19.9. The number of benzene rings is 1. The molecule has 0 unspecified atom stereocenters. The molecule has 0 radical (unpaired) electrons. The average Bonchev–Trinajstić information content (AvgIpc) is 2.49. The quantitative estimate of drug-likeness (QED) is 0.631. The number of ether oxygens (including phenoxy) is 1. The second-order valence-electron chi connectivity index (χ2n) is 5.08. The Morgan fingerprint density at radius 2 is 1.69 bits per heavy atom. The molecule has 0 amide bonds. The maximum absolute atomic E-state index is 12.6. The van der Waals surface area contributed by atoms with Gasteiger partial charge in [-0.25, -0.2) is 4.79 Å². The number of halogens is 6. The number of aliphatic hydroxyl groups is 1. The molecule has 142 valence electrons. The van der Waals surface area contributed by atoms with Crippen molar-refractivity contribution in [3.05, 3.63) is 40.2 Å². The molecule has 0 spiro atoms. The second-order valence-corrected chi connectivity index (χ2v) is 5.08. The Bertz CT molecular complexity index is 883. The van der Waals surface area contributed by atoms with E-state index in [0.29, 0.717) is 0 Å². The highest BCUT2D eigenvalue weighted by Gasteiger charge is 2.71. The Morgan fingerprint density at radius 1 is 1.12 bits per heavy atom. The molecule has 1 N–H and O–H groups in total. The van der Waals surface area contributed by atoms with E-state index in [-0.39, 0.29) is 11.0 Å². The molecule has 0 bridgehead atoms. The zero-order valence-corrected chi connectivity index (χ0v) is 12.3. The standard InChI is InChI=1S/C14H8F6O6/c15-13(16,17)12(24,14(18,19)20)5-25-7-2-1-6-3-8(10(21)22)11(23)26-9(6)4-7/h1-4,24H,5H2,(H,21,22)/p-1. The summed E-state index contributed by atoms with van der Waals surface area (Å²) in [7, 11) is 0. The minimum Gasteiger partial charge on any atom is -0.545 e. The second kappa shape index (κ2) is 6.20. The lowest BCUT2D eigenvalue weighted by Crippen LogP contribution is -2.60. The summed E-state index contributed by atoms with van der Waals surface area (Å²) < 4.78 is 84.3. The smallest absolute Gasteiger partial charge is 0.429 e. The Kier molecular flexibility index (Phi) is 4.66. The van der Waals surface area contributed by atoms with Crippen molar-refractivity contribution in [2.45, 2.75) is 18.0 Å². The van der Waals surface area contributed by atoms with Gasteiger partial charge < -0.3 is 24.2 Å². The molecule has 1 heterocycles. The molecule has 0 fully saturated rings. The van der Waals surface area contributed by atoms with Gasteiger partial charge in [0, 0.05) is 11.5 Å². The number of rotatable bonds is 4. The summed E-state index contributed by atoms with van der Waals surface area (Å²) in [5, 5.41) is 19.7. The van der Waals surface area contributed by atoms with E-state index in [4.69, 9.17) is 5.11 Å². The predicted octanol–water partition coefficient (Wildman–Crippen LogP) is 1.39. The summed E-state index contributed by atoms with van der Waals surface area (Å²) in [5.74, 6) is -2.42. The maximum atomic E-state index is 12.6. The number of fused-ring (bicyclic) bond motifs is 1. The van der Waals surface area contributed by atoms with Crippen molar-refractivity contribution < 1.29 is 50.5 Å². The SMILES string of the molecule is O=C([O-])c1cc2ccc(OCC(O)(C(F)(F)F)C(F)(F)F)cc2oc1=O. The van der Waals surface area contributed by atoms with Gasteiger partial charge in [0.15, 0.2) is 0 Å². The van der Waals surface area contributed by atoms with E-state index >= 15 is 0 Å². The molecule has 1 aromatic heterocycles. The largest absolute Gasteiger partial charge is 0.545 e. The number of carbonyl (C=O) groups is 1. The van der Waals surface area contributed by atoms with Crippen molar-refractivity contribution in [1.82, 2.24) is 0 Å². The van der Waals surface area contributed by atoms with Gasteiger partial charge in [-0.05, 0) is 18.2 Å². The summed E-state index contributed by atoms with van der Waals surface area (Å²) in [4.78, 5) is 22.1. The molecule has 0 aliphatic carbocycles. The van der Waals surface area contributed by atoms with Gasteiger partial charge in [0.1, 0.15) is 17.9 Å². The minimum absolute atomic E-state index is 0.00180. The van der Waals surface area contributed by atoms with Gasteiger partial charge in [0.2, 0.25) is 0 Å². The van der Waals surface area contributed by atoms with Gasteiger partial charge in [-0.1, -0.05) is 0 Å². The predicted molar refractivity (Wildman–Crippen MR) is 69.4 cm³/mol. The van der Waals surface area contributed by atoms with E-state index in [1.54, 1.807) is 0 Å². The van der Waals surface area contributed by atoms with Gasteiger partial charge >= 0.3 is 18.0 Å². The fraction of sp³-hybridized carbons (Fsp3) is 0.286. The number of carboxylic acid groups (broad SMARTS) is 1. The first-order chi connectivity index (χ1) is 11.8. The highest BCUT2D eigenvalue weighted by molar-refractivity contribution is 5.90. The summed E-state index contributed by atoms with van der Waals surface area (Å²) in [6, 6.07) is 3.54. The Labute approximate surface area is 139 Å². The first-order valence-corrected chi connectivity index (χ1v) is 6.54.